The molecule has 0 saturated heterocycles. The Labute approximate surface area is 343 Å². The Kier molecular flexibility index (Phi) is 7.31. The highest BCUT2D eigenvalue weighted by atomic mass is 16.3. The van der Waals surface area contributed by atoms with Crippen molar-refractivity contribution in [2.45, 2.75) is 19.3 Å². The lowest BCUT2D eigenvalue weighted by Gasteiger charge is -2.28. The maximum Gasteiger partial charge on any atom is 0.143 e. The molecule has 0 spiro atoms. The van der Waals surface area contributed by atoms with Crippen molar-refractivity contribution in [1.82, 2.24) is 0 Å². The van der Waals surface area contributed by atoms with Crippen molar-refractivity contribution in [2.75, 3.05) is 4.90 Å². The summed E-state index contributed by atoms with van der Waals surface area (Å²) in [7, 11) is 0. The maximum atomic E-state index is 6.92. The summed E-state index contributed by atoms with van der Waals surface area (Å²) in [6.07, 6.45) is 0. The van der Waals surface area contributed by atoms with Crippen LogP contribution in [0.4, 0.5) is 17.1 Å². The number of hydrogen-bond acceptors (Lipinski definition) is 2. The number of fused-ring (bicyclic) bond motifs is 10. The largest absolute Gasteiger partial charge is 0.455 e. The van der Waals surface area contributed by atoms with E-state index in [0.717, 1.165) is 49.8 Å². The highest BCUT2D eigenvalue weighted by molar-refractivity contribution is 6.22. The number of furan rings is 1. The third-order valence-electron chi connectivity index (χ3n) is 12.8. The van der Waals surface area contributed by atoms with E-state index >= 15 is 0 Å². The van der Waals surface area contributed by atoms with Crippen LogP contribution in [0, 0.1) is 0 Å². The van der Waals surface area contributed by atoms with Crippen molar-refractivity contribution in [3.05, 3.63) is 211 Å². The van der Waals surface area contributed by atoms with Crippen LogP contribution in [0.25, 0.3) is 87.6 Å². The molecule has 0 fully saturated rings. The molecule has 1 aromatic heterocycles. The predicted molar refractivity (Wildman–Crippen MR) is 249 cm³/mol. The molecule has 1 heterocycles. The Morgan fingerprint density at radius 2 is 1.03 bits per heavy atom. The van der Waals surface area contributed by atoms with Gasteiger partial charge in [-0.1, -0.05) is 172 Å². The summed E-state index contributed by atoms with van der Waals surface area (Å²) in [5.74, 6) is 0. The summed E-state index contributed by atoms with van der Waals surface area (Å²) < 4.78 is 6.92. The van der Waals surface area contributed by atoms with Crippen molar-refractivity contribution in [1.29, 1.82) is 0 Å². The van der Waals surface area contributed by atoms with E-state index in [0.29, 0.717) is 0 Å². The van der Waals surface area contributed by atoms with Gasteiger partial charge in [0.25, 0.3) is 0 Å². The molecule has 2 nitrogen and oxygen atoms in total. The zero-order valence-electron chi connectivity index (χ0n) is 32.9. The Bertz CT molecular complexity index is 3400. The second-order valence-electron chi connectivity index (χ2n) is 16.5. The normalized spacial score (nSPS) is 13.1. The van der Waals surface area contributed by atoms with E-state index in [1.54, 1.807) is 0 Å². The van der Waals surface area contributed by atoms with Gasteiger partial charge in [0.1, 0.15) is 11.2 Å². The van der Waals surface area contributed by atoms with Gasteiger partial charge in [-0.05, 0) is 109 Å². The molecule has 10 aromatic carbocycles. The molecule has 11 aromatic rings. The Hall–Kier alpha value is -7.42. The second-order valence-corrected chi connectivity index (χ2v) is 16.5. The first-order chi connectivity index (χ1) is 29.0. The van der Waals surface area contributed by atoms with Crippen LogP contribution in [0.2, 0.25) is 0 Å². The first-order valence-corrected chi connectivity index (χ1v) is 20.5. The Morgan fingerprint density at radius 3 is 1.76 bits per heavy atom. The Morgan fingerprint density at radius 1 is 0.407 bits per heavy atom. The van der Waals surface area contributed by atoms with Gasteiger partial charge in [-0.3, -0.25) is 0 Å². The summed E-state index contributed by atoms with van der Waals surface area (Å²) >= 11 is 0. The molecule has 1 aliphatic rings. The Balaban J connectivity index is 1.10. The minimum absolute atomic E-state index is 0.165. The van der Waals surface area contributed by atoms with E-state index < -0.39 is 0 Å². The van der Waals surface area contributed by atoms with Gasteiger partial charge in [0.15, 0.2) is 0 Å². The number of anilines is 3. The van der Waals surface area contributed by atoms with Crippen LogP contribution in [0.1, 0.15) is 25.0 Å². The molecular formula is C57H39NO. The third-order valence-corrected chi connectivity index (χ3v) is 12.8. The van der Waals surface area contributed by atoms with Crippen molar-refractivity contribution < 1.29 is 4.42 Å². The van der Waals surface area contributed by atoms with E-state index in [-0.39, 0.29) is 5.41 Å². The predicted octanol–water partition coefficient (Wildman–Crippen LogP) is 16.2. The lowest BCUT2D eigenvalue weighted by Crippen LogP contribution is -2.15. The molecule has 0 radical (unpaired) electrons. The van der Waals surface area contributed by atoms with E-state index in [9.17, 15) is 0 Å². The fourth-order valence-corrected chi connectivity index (χ4v) is 9.93. The van der Waals surface area contributed by atoms with Crippen LogP contribution >= 0.6 is 0 Å². The summed E-state index contributed by atoms with van der Waals surface area (Å²) in [6, 6.07) is 73.1. The minimum atomic E-state index is -0.165. The standard InChI is InChI=1S/C57H39NO/c1-57(2)50-24-12-22-44(38-16-4-3-5-17-38)54(50)48-31-28-41(34-51(48)57)45-23-13-25-53-55(45)49-35-52(46-20-10-11-21-47(46)56(49)59-53)58(42-29-26-36-14-6-8-18-39(36)32-42)43-30-27-37-15-7-9-19-40(37)33-43/h3-35H,1-2H3. The van der Waals surface area contributed by atoms with Crippen LogP contribution in [0.15, 0.2) is 205 Å². The molecule has 0 aliphatic heterocycles. The molecule has 2 heteroatoms. The smallest absolute Gasteiger partial charge is 0.143 e. The van der Waals surface area contributed by atoms with Crippen molar-refractivity contribution >= 4 is 71.3 Å². The summed E-state index contributed by atoms with van der Waals surface area (Å²) in [4.78, 5) is 2.43. The van der Waals surface area contributed by atoms with Gasteiger partial charge in [0.2, 0.25) is 0 Å². The first-order valence-electron chi connectivity index (χ1n) is 20.5. The van der Waals surface area contributed by atoms with Gasteiger partial charge in [-0.15, -0.1) is 0 Å². The fraction of sp³-hybridized carbons (Fsp3) is 0.0526. The van der Waals surface area contributed by atoms with Gasteiger partial charge in [0.05, 0.1) is 5.69 Å². The molecule has 278 valence electrons. The molecule has 0 amide bonds. The minimum Gasteiger partial charge on any atom is -0.455 e. The molecule has 0 N–H and O–H groups in total. The maximum absolute atomic E-state index is 6.92. The van der Waals surface area contributed by atoms with Crippen LogP contribution in [0.3, 0.4) is 0 Å². The van der Waals surface area contributed by atoms with Crippen LogP contribution in [-0.4, -0.2) is 0 Å². The van der Waals surface area contributed by atoms with E-state index in [4.69, 9.17) is 4.42 Å². The highest BCUT2D eigenvalue weighted by Gasteiger charge is 2.37. The molecule has 0 bridgehead atoms. The van der Waals surface area contributed by atoms with E-state index in [2.05, 4.69) is 219 Å². The van der Waals surface area contributed by atoms with Crippen LogP contribution < -0.4 is 4.90 Å². The van der Waals surface area contributed by atoms with Gasteiger partial charge in [0, 0.05) is 38.3 Å². The lowest BCUT2D eigenvalue weighted by atomic mass is 9.81. The number of benzene rings is 10. The van der Waals surface area contributed by atoms with Gasteiger partial charge in [-0.25, -0.2) is 0 Å². The molecule has 0 saturated carbocycles. The first kappa shape index (κ1) is 33.7. The topological polar surface area (TPSA) is 16.4 Å². The van der Waals surface area contributed by atoms with Crippen LogP contribution in [-0.2, 0) is 5.41 Å². The number of hydrogen-bond donors (Lipinski definition) is 0. The van der Waals surface area contributed by atoms with Crippen LogP contribution in [0.5, 0.6) is 0 Å². The van der Waals surface area contributed by atoms with Gasteiger partial charge in [-0.2, -0.15) is 0 Å². The van der Waals surface area contributed by atoms with E-state index in [1.807, 2.05) is 0 Å². The number of nitrogens with zero attached hydrogens (tertiary/aromatic N) is 1. The molecule has 0 atom stereocenters. The van der Waals surface area contributed by atoms with Crippen molar-refractivity contribution in [3.63, 3.8) is 0 Å². The lowest BCUT2D eigenvalue weighted by molar-refractivity contribution is 0.661. The quantitative estimate of drug-likeness (QED) is 0.174. The monoisotopic (exact) mass is 753 g/mol. The van der Waals surface area contributed by atoms with Gasteiger partial charge < -0.3 is 9.32 Å². The molecule has 1 aliphatic carbocycles. The SMILES string of the molecule is CC1(C)c2cc(-c3cccc4oc5c6ccccc6c(N(c6ccc7ccccc7c6)c6ccc7ccccc7c6)cc5c34)ccc2-c2c(-c3ccccc3)cccc21. The zero-order chi connectivity index (χ0) is 39.2. The average Bonchev–Trinajstić information content (AvgIpc) is 3.78. The van der Waals surface area contributed by atoms with Crippen molar-refractivity contribution in [3.8, 4) is 33.4 Å². The number of rotatable bonds is 5. The average molecular weight is 754 g/mol. The summed E-state index contributed by atoms with van der Waals surface area (Å²) in [5.41, 5.74) is 15.2. The second kappa shape index (κ2) is 12.8. The highest BCUT2D eigenvalue weighted by Crippen LogP contribution is 2.54. The van der Waals surface area contributed by atoms with E-state index in [1.165, 1.54) is 66.1 Å². The summed E-state index contributed by atoms with van der Waals surface area (Å²) in [6.45, 7) is 4.74. The van der Waals surface area contributed by atoms with Gasteiger partial charge >= 0.3 is 0 Å². The van der Waals surface area contributed by atoms with Crippen molar-refractivity contribution in [2.24, 2.45) is 0 Å². The summed E-state index contributed by atoms with van der Waals surface area (Å²) in [5, 5.41) is 9.30. The molecular weight excluding hydrogens is 715 g/mol. The molecule has 0 unspecified atom stereocenters. The molecule has 59 heavy (non-hydrogen) atoms. The molecule has 12 rings (SSSR count). The fourth-order valence-electron chi connectivity index (χ4n) is 9.93. The third kappa shape index (κ3) is 5.13. The zero-order valence-corrected chi connectivity index (χ0v) is 32.9.